The molecular formula is C22H21F3N2O4S. The second-order valence-corrected chi connectivity index (χ2v) is 9.11. The van der Waals surface area contributed by atoms with Gasteiger partial charge in [-0.1, -0.05) is 12.1 Å². The number of hydrogen-bond donors (Lipinski definition) is 0. The molecule has 1 aliphatic heterocycles. The third-order valence-electron chi connectivity index (χ3n) is 5.50. The Balaban J connectivity index is 1.94. The highest BCUT2D eigenvalue weighted by atomic mass is 32.2. The van der Waals surface area contributed by atoms with Crippen LogP contribution >= 0.6 is 0 Å². The molecule has 0 amide bonds. The van der Waals surface area contributed by atoms with Gasteiger partial charge in [0.15, 0.2) is 0 Å². The number of aromatic nitrogens is 1. The lowest BCUT2D eigenvalue weighted by Gasteiger charge is -2.37. The first-order chi connectivity index (χ1) is 15.2. The lowest BCUT2D eigenvalue weighted by molar-refractivity contribution is -0.139. The van der Waals surface area contributed by atoms with Gasteiger partial charge >= 0.3 is 6.18 Å². The first-order valence-electron chi connectivity index (χ1n) is 9.73. The molecular weight excluding hydrogens is 445 g/mol. The summed E-state index contributed by atoms with van der Waals surface area (Å²) in [6.07, 6.45) is -3.01. The van der Waals surface area contributed by atoms with Crippen LogP contribution in [0.25, 0.3) is 0 Å². The molecule has 10 heteroatoms. The monoisotopic (exact) mass is 466 g/mol. The van der Waals surface area contributed by atoms with Crippen molar-refractivity contribution in [3.63, 3.8) is 0 Å². The summed E-state index contributed by atoms with van der Waals surface area (Å²) < 4.78 is 82.0. The van der Waals surface area contributed by atoms with Gasteiger partial charge in [0.25, 0.3) is 0 Å². The van der Waals surface area contributed by atoms with E-state index in [9.17, 15) is 21.6 Å². The van der Waals surface area contributed by atoms with Gasteiger partial charge in [-0.25, -0.2) is 8.42 Å². The molecule has 4 rings (SSSR count). The van der Waals surface area contributed by atoms with Gasteiger partial charge in [-0.3, -0.25) is 0 Å². The number of sulfonamides is 1. The minimum atomic E-state index is -4.82. The highest BCUT2D eigenvalue weighted by Gasteiger charge is 2.43. The Morgan fingerprint density at radius 1 is 0.969 bits per heavy atom. The maximum Gasteiger partial charge on any atom is 0.417 e. The number of hydrogen-bond acceptors (Lipinski definition) is 4. The molecule has 1 aliphatic rings. The summed E-state index contributed by atoms with van der Waals surface area (Å²) in [7, 11) is -1.61. The Kier molecular flexibility index (Phi) is 5.68. The molecule has 170 valence electrons. The molecule has 3 aromatic rings. The van der Waals surface area contributed by atoms with Crippen LogP contribution in [0.5, 0.6) is 11.5 Å². The van der Waals surface area contributed by atoms with Gasteiger partial charge in [0.05, 0.1) is 30.7 Å². The molecule has 1 atom stereocenters. The van der Waals surface area contributed by atoms with Gasteiger partial charge < -0.3 is 14.0 Å². The van der Waals surface area contributed by atoms with Crippen molar-refractivity contribution in [1.29, 1.82) is 0 Å². The third-order valence-corrected chi connectivity index (χ3v) is 7.43. The van der Waals surface area contributed by atoms with E-state index in [1.807, 2.05) is 10.8 Å². The quantitative estimate of drug-likeness (QED) is 0.562. The average molecular weight is 466 g/mol. The van der Waals surface area contributed by atoms with Crippen molar-refractivity contribution in [3.05, 3.63) is 77.6 Å². The van der Waals surface area contributed by atoms with Crippen molar-refractivity contribution in [2.24, 2.45) is 0 Å². The zero-order valence-corrected chi connectivity index (χ0v) is 18.2. The molecule has 0 radical (unpaired) electrons. The van der Waals surface area contributed by atoms with E-state index in [0.29, 0.717) is 29.3 Å². The SMILES string of the molecule is COc1ccc(OC)c(C2c3cccn3CCN2S(=O)(=O)c2ccccc2C(F)(F)F)c1. The summed E-state index contributed by atoms with van der Waals surface area (Å²) in [4.78, 5) is -0.778. The third kappa shape index (κ3) is 3.73. The Hall–Kier alpha value is -2.98. The zero-order chi connectivity index (χ0) is 23.1. The van der Waals surface area contributed by atoms with Crippen LogP contribution in [0.1, 0.15) is 22.9 Å². The standard InChI is InChI=1S/C22H21F3N2O4S/c1-30-15-9-10-19(31-2)16(14-15)21-18-7-5-11-26(18)12-13-27(21)32(28,29)20-8-4-3-6-17(20)22(23,24)25/h3-11,14,21H,12-13H2,1-2H3. The summed E-state index contributed by atoms with van der Waals surface area (Å²) in [6.45, 7) is 0.291. The first-order valence-corrected chi connectivity index (χ1v) is 11.2. The summed E-state index contributed by atoms with van der Waals surface area (Å²) >= 11 is 0. The number of halogens is 3. The number of benzene rings is 2. The Bertz CT molecular complexity index is 1240. The van der Waals surface area contributed by atoms with Crippen LogP contribution in [0, 0.1) is 0 Å². The zero-order valence-electron chi connectivity index (χ0n) is 17.3. The number of fused-ring (bicyclic) bond motifs is 1. The predicted molar refractivity (Wildman–Crippen MR) is 111 cm³/mol. The lowest BCUT2D eigenvalue weighted by Crippen LogP contribution is -2.43. The van der Waals surface area contributed by atoms with E-state index in [1.165, 1.54) is 26.4 Å². The number of nitrogens with zero attached hydrogens (tertiary/aromatic N) is 2. The minimum absolute atomic E-state index is 0.0127. The van der Waals surface area contributed by atoms with Crippen molar-refractivity contribution in [2.75, 3.05) is 20.8 Å². The fourth-order valence-corrected chi connectivity index (χ4v) is 5.83. The van der Waals surface area contributed by atoms with Crippen LogP contribution in [0.4, 0.5) is 13.2 Å². The summed E-state index contributed by atoms with van der Waals surface area (Å²) in [5, 5.41) is 0. The second-order valence-electron chi connectivity index (χ2n) is 7.25. The van der Waals surface area contributed by atoms with Crippen LogP contribution in [-0.4, -0.2) is 38.1 Å². The first kappa shape index (κ1) is 22.2. The van der Waals surface area contributed by atoms with Gasteiger partial charge in [-0.15, -0.1) is 0 Å². The van der Waals surface area contributed by atoms with Gasteiger partial charge in [-0.05, 0) is 42.5 Å². The van der Waals surface area contributed by atoms with Crippen LogP contribution in [0.2, 0.25) is 0 Å². The van der Waals surface area contributed by atoms with Crippen LogP contribution in [0.3, 0.4) is 0 Å². The summed E-state index contributed by atoms with van der Waals surface area (Å²) in [5.74, 6) is 0.868. The highest BCUT2D eigenvalue weighted by molar-refractivity contribution is 7.89. The second kappa shape index (κ2) is 8.18. The van der Waals surface area contributed by atoms with E-state index in [0.717, 1.165) is 16.4 Å². The molecule has 2 aromatic carbocycles. The molecule has 0 spiro atoms. The largest absolute Gasteiger partial charge is 0.497 e. The van der Waals surface area contributed by atoms with E-state index < -0.39 is 32.7 Å². The molecule has 1 aromatic heterocycles. The molecule has 1 unspecified atom stereocenters. The van der Waals surface area contributed by atoms with Gasteiger partial charge in [0, 0.05) is 30.5 Å². The fraction of sp³-hybridized carbons (Fsp3) is 0.273. The highest BCUT2D eigenvalue weighted by Crippen LogP contribution is 2.43. The number of methoxy groups -OCH3 is 2. The molecule has 0 aliphatic carbocycles. The Labute approximate surface area is 183 Å². The minimum Gasteiger partial charge on any atom is -0.497 e. The van der Waals surface area contributed by atoms with E-state index in [2.05, 4.69) is 0 Å². The van der Waals surface area contributed by atoms with Crippen LogP contribution in [0.15, 0.2) is 65.7 Å². The average Bonchev–Trinajstić information content (AvgIpc) is 3.26. The molecule has 32 heavy (non-hydrogen) atoms. The topological polar surface area (TPSA) is 60.8 Å². The van der Waals surface area contributed by atoms with E-state index >= 15 is 0 Å². The maximum absolute atomic E-state index is 13.7. The molecule has 0 saturated heterocycles. The van der Waals surface area contributed by atoms with Crippen molar-refractivity contribution in [2.45, 2.75) is 23.7 Å². The van der Waals surface area contributed by atoms with Crippen LogP contribution < -0.4 is 9.47 Å². The fourth-order valence-electron chi connectivity index (χ4n) is 4.04. The van der Waals surface area contributed by atoms with E-state index in [1.54, 1.807) is 30.3 Å². The summed E-state index contributed by atoms with van der Waals surface area (Å²) in [5.41, 5.74) is -0.104. The smallest absolute Gasteiger partial charge is 0.417 e. The molecule has 6 nitrogen and oxygen atoms in total. The summed E-state index contributed by atoms with van der Waals surface area (Å²) in [6, 6.07) is 11.8. The van der Waals surface area contributed by atoms with E-state index in [4.69, 9.17) is 9.47 Å². The molecule has 0 N–H and O–H groups in total. The van der Waals surface area contributed by atoms with Crippen molar-refractivity contribution < 1.29 is 31.1 Å². The van der Waals surface area contributed by atoms with Gasteiger partial charge in [0.1, 0.15) is 11.5 Å². The Morgan fingerprint density at radius 2 is 1.72 bits per heavy atom. The van der Waals surface area contributed by atoms with Crippen LogP contribution in [-0.2, 0) is 22.7 Å². The van der Waals surface area contributed by atoms with Crippen molar-refractivity contribution in [1.82, 2.24) is 8.87 Å². The maximum atomic E-state index is 13.7. The van der Waals surface area contributed by atoms with Gasteiger partial charge in [-0.2, -0.15) is 17.5 Å². The lowest BCUT2D eigenvalue weighted by atomic mass is 10.0. The number of alkyl halides is 3. The van der Waals surface area contributed by atoms with Crippen molar-refractivity contribution in [3.8, 4) is 11.5 Å². The van der Waals surface area contributed by atoms with Gasteiger partial charge in [0.2, 0.25) is 10.0 Å². The molecule has 0 fully saturated rings. The number of rotatable bonds is 5. The molecule has 0 saturated carbocycles. The van der Waals surface area contributed by atoms with E-state index in [-0.39, 0.29) is 6.54 Å². The predicted octanol–water partition coefficient (Wildman–Crippen LogP) is 4.32. The number of ether oxygens (including phenoxy) is 2. The Morgan fingerprint density at radius 3 is 2.41 bits per heavy atom. The molecule has 0 bridgehead atoms. The van der Waals surface area contributed by atoms with Crippen molar-refractivity contribution >= 4 is 10.0 Å². The normalized spacial score (nSPS) is 17.1. The molecule has 2 heterocycles.